The van der Waals surface area contributed by atoms with E-state index in [0.29, 0.717) is 22.2 Å². The molecular formula is C21H15Cl3N2O2. The molecule has 0 unspecified atom stereocenters. The molecule has 1 aliphatic heterocycles. The lowest BCUT2D eigenvalue weighted by Crippen LogP contribution is -2.35. The van der Waals surface area contributed by atoms with Crippen LogP contribution in [0.1, 0.15) is 22.3 Å². The number of rotatable bonds is 3. The van der Waals surface area contributed by atoms with E-state index in [0.717, 1.165) is 24.1 Å². The molecule has 1 amide bonds. The molecule has 0 aliphatic carbocycles. The molecule has 4 rings (SSSR count). The Bertz CT molecular complexity index is 1060. The number of para-hydroxylation sites is 1. The van der Waals surface area contributed by atoms with Gasteiger partial charge in [-0.2, -0.15) is 0 Å². The molecule has 0 saturated heterocycles. The van der Waals surface area contributed by atoms with Crippen molar-refractivity contribution in [2.24, 2.45) is 0 Å². The summed E-state index contributed by atoms with van der Waals surface area (Å²) in [4.78, 5) is 19.3. The number of fused-ring (bicyclic) bond motifs is 1. The monoisotopic (exact) mass is 432 g/mol. The second-order valence-corrected chi connectivity index (χ2v) is 7.57. The molecule has 2 aromatic carbocycles. The number of aromatic nitrogens is 1. The third-order valence-corrected chi connectivity index (χ3v) is 5.56. The van der Waals surface area contributed by atoms with E-state index in [-0.39, 0.29) is 22.6 Å². The number of benzene rings is 2. The minimum Gasteiger partial charge on any atom is -0.437 e. The van der Waals surface area contributed by atoms with Crippen molar-refractivity contribution in [3.63, 3.8) is 0 Å². The Kier molecular flexibility index (Phi) is 5.44. The van der Waals surface area contributed by atoms with Crippen LogP contribution < -0.4 is 9.64 Å². The predicted molar refractivity (Wildman–Crippen MR) is 112 cm³/mol. The Morgan fingerprint density at radius 3 is 2.64 bits per heavy atom. The molecular weight excluding hydrogens is 419 g/mol. The lowest BCUT2D eigenvalue weighted by atomic mass is 10.0. The Morgan fingerprint density at radius 1 is 1.00 bits per heavy atom. The maximum Gasteiger partial charge on any atom is 0.263 e. The van der Waals surface area contributed by atoms with Crippen LogP contribution in [0.5, 0.6) is 11.6 Å². The third-order valence-electron chi connectivity index (χ3n) is 4.54. The first-order valence-corrected chi connectivity index (χ1v) is 9.85. The second kappa shape index (κ2) is 8.00. The first kappa shape index (κ1) is 19.1. The van der Waals surface area contributed by atoms with Crippen LogP contribution in [0.25, 0.3) is 0 Å². The van der Waals surface area contributed by atoms with Crippen LogP contribution in [-0.2, 0) is 6.42 Å². The van der Waals surface area contributed by atoms with Crippen LogP contribution in [0.15, 0.2) is 54.7 Å². The highest BCUT2D eigenvalue weighted by Gasteiger charge is 2.26. The molecule has 1 aliphatic rings. The number of aryl methyl sites for hydroxylation is 1. The largest absolute Gasteiger partial charge is 0.437 e. The molecule has 0 bridgehead atoms. The van der Waals surface area contributed by atoms with Gasteiger partial charge >= 0.3 is 0 Å². The maximum atomic E-state index is 13.3. The number of hydrogen-bond donors (Lipinski definition) is 0. The lowest BCUT2D eigenvalue weighted by Gasteiger charge is -2.29. The van der Waals surface area contributed by atoms with Crippen LogP contribution in [0.4, 0.5) is 5.69 Å². The van der Waals surface area contributed by atoms with E-state index in [2.05, 4.69) is 4.98 Å². The van der Waals surface area contributed by atoms with Gasteiger partial charge < -0.3 is 9.64 Å². The number of hydrogen-bond acceptors (Lipinski definition) is 3. The van der Waals surface area contributed by atoms with Crippen LogP contribution >= 0.6 is 34.8 Å². The third kappa shape index (κ3) is 3.68. The molecule has 0 atom stereocenters. The molecule has 28 heavy (non-hydrogen) atoms. The number of ether oxygens (including phenoxy) is 1. The normalized spacial score (nSPS) is 13.2. The second-order valence-electron chi connectivity index (χ2n) is 6.34. The van der Waals surface area contributed by atoms with Gasteiger partial charge in [0.1, 0.15) is 11.3 Å². The molecule has 2 heterocycles. The molecule has 0 N–H and O–H groups in total. The number of carbonyl (C=O) groups is 1. The van der Waals surface area contributed by atoms with E-state index < -0.39 is 0 Å². The number of nitrogens with zero attached hydrogens (tertiary/aromatic N) is 2. The van der Waals surface area contributed by atoms with Crippen molar-refractivity contribution in [1.29, 1.82) is 0 Å². The fraction of sp³-hybridized carbons (Fsp3) is 0.143. The molecule has 3 aromatic rings. The fourth-order valence-electron chi connectivity index (χ4n) is 3.21. The molecule has 0 radical (unpaired) electrons. The molecule has 0 fully saturated rings. The van der Waals surface area contributed by atoms with Gasteiger partial charge in [-0.1, -0.05) is 53.0 Å². The van der Waals surface area contributed by atoms with Gasteiger partial charge in [-0.25, -0.2) is 4.98 Å². The molecule has 4 nitrogen and oxygen atoms in total. The van der Waals surface area contributed by atoms with E-state index >= 15 is 0 Å². The van der Waals surface area contributed by atoms with Crippen molar-refractivity contribution in [2.75, 3.05) is 11.4 Å². The van der Waals surface area contributed by atoms with Gasteiger partial charge in [0.15, 0.2) is 0 Å². The van der Waals surface area contributed by atoms with Crippen molar-refractivity contribution < 1.29 is 9.53 Å². The summed E-state index contributed by atoms with van der Waals surface area (Å²) in [6, 6.07) is 14.3. The Morgan fingerprint density at radius 2 is 1.79 bits per heavy atom. The van der Waals surface area contributed by atoms with Gasteiger partial charge in [0.2, 0.25) is 5.88 Å². The van der Waals surface area contributed by atoms with Crippen molar-refractivity contribution in [2.45, 2.75) is 12.8 Å². The van der Waals surface area contributed by atoms with Crippen molar-refractivity contribution in [3.8, 4) is 11.6 Å². The summed E-state index contributed by atoms with van der Waals surface area (Å²) in [5, 5.41) is 0.901. The number of anilines is 1. The minimum atomic E-state index is -0.175. The fourth-order valence-corrected chi connectivity index (χ4v) is 3.79. The van der Waals surface area contributed by atoms with E-state index in [4.69, 9.17) is 39.5 Å². The highest BCUT2D eigenvalue weighted by molar-refractivity contribution is 6.43. The smallest absolute Gasteiger partial charge is 0.263 e. The van der Waals surface area contributed by atoms with E-state index in [1.807, 2.05) is 24.3 Å². The molecule has 142 valence electrons. The average Bonchev–Trinajstić information content (AvgIpc) is 2.71. The highest BCUT2D eigenvalue weighted by Crippen LogP contribution is 2.37. The predicted octanol–water partition coefficient (Wildman–Crippen LogP) is 6.43. The van der Waals surface area contributed by atoms with Crippen LogP contribution in [0.2, 0.25) is 15.1 Å². The first-order chi connectivity index (χ1) is 13.5. The molecule has 1 aromatic heterocycles. The Labute approximate surface area is 177 Å². The summed E-state index contributed by atoms with van der Waals surface area (Å²) in [7, 11) is 0. The number of halogens is 3. The van der Waals surface area contributed by atoms with Crippen molar-refractivity contribution in [1.82, 2.24) is 4.98 Å². The Hall–Kier alpha value is -2.27. The van der Waals surface area contributed by atoms with Crippen molar-refractivity contribution >= 4 is 46.4 Å². The molecule has 0 saturated carbocycles. The summed E-state index contributed by atoms with van der Waals surface area (Å²) in [6.45, 7) is 0.637. The number of amides is 1. The van der Waals surface area contributed by atoms with E-state index in [9.17, 15) is 4.79 Å². The van der Waals surface area contributed by atoms with Crippen LogP contribution in [0.3, 0.4) is 0 Å². The van der Waals surface area contributed by atoms with E-state index in [1.165, 1.54) is 12.1 Å². The molecule has 7 heteroatoms. The van der Waals surface area contributed by atoms with Crippen molar-refractivity contribution in [3.05, 3.63) is 80.9 Å². The van der Waals surface area contributed by atoms with Gasteiger partial charge in [-0.05, 0) is 42.7 Å². The van der Waals surface area contributed by atoms with Gasteiger partial charge in [-0.15, -0.1) is 0 Å². The van der Waals surface area contributed by atoms with Crippen LogP contribution in [-0.4, -0.2) is 17.4 Å². The topological polar surface area (TPSA) is 42.4 Å². The van der Waals surface area contributed by atoms with Gasteiger partial charge in [0.05, 0.1) is 15.1 Å². The maximum absolute atomic E-state index is 13.3. The minimum absolute atomic E-state index is 0.163. The Balaban J connectivity index is 1.69. The summed E-state index contributed by atoms with van der Waals surface area (Å²) in [5.41, 5.74) is 2.42. The summed E-state index contributed by atoms with van der Waals surface area (Å²) in [6.07, 6.45) is 3.41. The SMILES string of the molecule is O=C(c1cccnc1Oc1cc(Cl)c(Cl)cc1Cl)N1CCCc2ccccc21. The van der Waals surface area contributed by atoms with Gasteiger partial charge in [0.25, 0.3) is 5.91 Å². The average molecular weight is 434 g/mol. The van der Waals surface area contributed by atoms with Gasteiger partial charge in [0, 0.05) is 24.5 Å². The summed E-state index contributed by atoms with van der Waals surface area (Å²) in [5.74, 6) is 0.269. The standard InChI is InChI=1S/C21H15Cl3N2O2/c22-15-11-17(24)19(12-16(15)23)28-20-14(7-3-9-25-20)21(27)26-10-4-6-13-5-1-2-8-18(13)26/h1-3,5,7-9,11-12H,4,6,10H2. The van der Waals surface area contributed by atoms with E-state index in [1.54, 1.807) is 23.2 Å². The first-order valence-electron chi connectivity index (χ1n) is 8.72. The van der Waals surface area contributed by atoms with Gasteiger partial charge in [-0.3, -0.25) is 4.79 Å². The lowest BCUT2D eigenvalue weighted by molar-refractivity contribution is 0.0982. The zero-order chi connectivity index (χ0) is 19.7. The van der Waals surface area contributed by atoms with Crippen LogP contribution in [0, 0.1) is 0 Å². The quantitative estimate of drug-likeness (QED) is 0.447. The zero-order valence-electron chi connectivity index (χ0n) is 14.7. The summed E-state index contributed by atoms with van der Waals surface area (Å²) < 4.78 is 5.84. The number of pyridine rings is 1. The highest BCUT2D eigenvalue weighted by atomic mass is 35.5. The molecule has 0 spiro atoms. The summed E-state index contributed by atoms with van der Waals surface area (Å²) >= 11 is 18.2. The number of carbonyl (C=O) groups excluding carboxylic acids is 1. The zero-order valence-corrected chi connectivity index (χ0v) is 16.9.